The van der Waals surface area contributed by atoms with E-state index in [0.717, 1.165) is 13.1 Å². The molecule has 13 nitrogen and oxygen atoms in total. The summed E-state index contributed by atoms with van der Waals surface area (Å²) in [5.74, 6) is -0.148. The lowest BCUT2D eigenvalue weighted by molar-refractivity contribution is 0.0380. The highest BCUT2D eigenvalue weighted by molar-refractivity contribution is 7.85. The average molecular weight is 405 g/mol. The first-order chi connectivity index (χ1) is 10.1. The van der Waals surface area contributed by atoms with Gasteiger partial charge >= 0.3 is 20.8 Å². The number of nitrogens with zero attached hydrogens (tertiary/aromatic N) is 1. The fraction of sp³-hybridized carbons (Fsp3) is 1.00. The van der Waals surface area contributed by atoms with Crippen LogP contribution in [-0.2, 0) is 35.7 Å². The Morgan fingerprint density at radius 3 is 1.43 bits per heavy atom. The highest BCUT2D eigenvalue weighted by Gasteiger charge is 2.11. The van der Waals surface area contributed by atoms with Gasteiger partial charge in [0.2, 0.25) is 0 Å². The molecule has 0 saturated carbocycles. The van der Waals surface area contributed by atoms with Crippen LogP contribution in [0.4, 0.5) is 0 Å². The SMILES string of the molecule is O=S(=O)(O)CCCN1CCOCC1.O=S(=O)(O)O.O=S(=O)(O)O. The standard InChI is InChI=1S/C7H15NO4S.2H2O4S/c9-13(10,11)7-1-2-8-3-5-12-6-4-8;2*1-5(2,3)4/h1-7H2,(H,9,10,11);2*(H2,1,2,3,4). The highest BCUT2D eigenvalue weighted by Crippen LogP contribution is 1.99. The van der Waals surface area contributed by atoms with Crippen molar-refractivity contribution >= 4 is 30.9 Å². The first-order valence-electron chi connectivity index (χ1n) is 5.73. The minimum absolute atomic E-state index is 0.148. The molecule has 142 valence electrons. The summed E-state index contributed by atoms with van der Waals surface area (Å²) >= 11 is 0. The van der Waals surface area contributed by atoms with Crippen molar-refractivity contribution in [1.29, 1.82) is 0 Å². The molecule has 1 heterocycles. The maximum atomic E-state index is 10.4. The van der Waals surface area contributed by atoms with E-state index in [2.05, 4.69) is 4.90 Å². The molecule has 0 spiro atoms. The number of hydrogen-bond donors (Lipinski definition) is 5. The molecule has 0 aliphatic carbocycles. The third kappa shape index (κ3) is 38.9. The molecule has 1 rings (SSSR count). The second-order valence-electron chi connectivity index (χ2n) is 3.99. The van der Waals surface area contributed by atoms with Crippen LogP contribution in [0.15, 0.2) is 0 Å². The minimum Gasteiger partial charge on any atom is -0.379 e. The molecule has 0 aromatic heterocycles. The van der Waals surface area contributed by atoms with Crippen LogP contribution in [0.5, 0.6) is 0 Å². The first-order valence-corrected chi connectivity index (χ1v) is 10.1. The Morgan fingerprint density at radius 2 is 1.13 bits per heavy atom. The van der Waals surface area contributed by atoms with Crippen LogP contribution in [0.25, 0.3) is 0 Å². The summed E-state index contributed by atoms with van der Waals surface area (Å²) in [4.78, 5) is 2.13. The van der Waals surface area contributed by atoms with Gasteiger partial charge in [-0.1, -0.05) is 0 Å². The van der Waals surface area contributed by atoms with E-state index in [0.29, 0.717) is 26.2 Å². The van der Waals surface area contributed by atoms with E-state index >= 15 is 0 Å². The Labute approximate surface area is 134 Å². The van der Waals surface area contributed by atoms with Crippen molar-refractivity contribution in [2.75, 3.05) is 38.6 Å². The van der Waals surface area contributed by atoms with Gasteiger partial charge in [0.25, 0.3) is 10.1 Å². The van der Waals surface area contributed by atoms with Gasteiger partial charge in [-0.25, -0.2) is 0 Å². The normalized spacial score (nSPS) is 16.6. The number of hydrogen-bond acceptors (Lipinski definition) is 8. The Morgan fingerprint density at radius 1 is 0.783 bits per heavy atom. The summed E-state index contributed by atoms with van der Waals surface area (Å²) < 4.78 is 97.6. The fourth-order valence-electron chi connectivity index (χ4n) is 1.30. The van der Waals surface area contributed by atoms with Gasteiger partial charge in [-0.3, -0.25) is 27.7 Å². The topological polar surface area (TPSA) is 216 Å². The third-order valence-corrected chi connectivity index (χ3v) is 2.78. The first kappa shape index (κ1) is 24.8. The molecule has 16 heteroatoms. The van der Waals surface area contributed by atoms with Gasteiger partial charge in [0, 0.05) is 13.1 Å². The van der Waals surface area contributed by atoms with E-state index in [9.17, 15) is 8.42 Å². The van der Waals surface area contributed by atoms with E-state index in [4.69, 9.17) is 44.3 Å². The maximum Gasteiger partial charge on any atom is 0.394 e. The molecule has 23 heavy (non-hydrogen) atoms. The van der Waals surface area contributed by atoms with E-state index in [1.807, 2.05) is 0 Å². The van der Waals surface area contributed by atoms with Crippen molar-refractivity contribution < 1.29 is 52.8 Å². The number of rotatable bonds is 4. The Kier molecular flexibility index (Phi) is 12.1. The smallest absolute Gasteiger partial charge is 0.379 e. The molecule has 0 aromatic rings. The van der Waals surface area contributed by atoms with Gasteiger partial charge in [-0.05, 0) is 13.0 Å². The molecule has 0 unspecified atom stereocenters. The van der Waals surface area contributed by atoms with Crippen LogP contribution in [-0.4, -0.2) is 91.5 Å². The van der Waals surface area contributed by atoms with Gasteiger partial charge in [-0.15, -0.1) is 0 Å². The van der Waals surface area contributed by atoms with Crippen LogP contribution in [0.1, 0.15) is 6.42 Å². The van der Waals surface area contributed by atoms with E-state index in [-0.39, 0.29) is 5.75 Å². The Hall–Kier alpha value is -0.430. The lowest BCUT2D eigenvalue weighted by Gasteiger charge is -2.26. The predicted molar refractivity (Wildman–Crippen MR) is 76.6 cm³/mol. The molecule has 0 radical (unpaired) electrons. The maximum absolute atomic E-state index is 10.4. The third-order valence-electron chi connectivity index (χ3n) is 1.98. The Bertz CT molecular complexity index is 557. The summed E-state index contributed by atoms with van der Waals surface area (Å²) in [7, 11) is -13.1. The van der Waals surface area contributed by atoms with E-state index < -0.39 is 30.9 Å². The lowest BCUT2D eigenvalue weighted by atomic mass is 10.4. The van der Waals surface area contributed by atoms with Crippen molar-refractivity contribution in [1.82, 2.24) is 4.90 Å². The van der Waals surface area contributed by atoms with Gasteiger partial charge < -0.3 is 4.74 Å². The zero-order valence-corrected chi connectivity index (χ0v) is 14.2. The zero-order valence-electron chi connectivity index (χ0n) is 11.7. The molecule has 1 aliphatic heterocycles. The van der Waals surface area contributed by atoms with Crippen LogP contribution in [0.2, 0.25) is 0 Å². The molecule has 1 aliphatic rings. The van der Waals surface area contributed by atoms with Crippen LogP contribution in [0.3, 0.4) is 0 Å². The summed E-state index contributed by atoms with van der Waals surface area (Å²) in [5, 5.41) is 0. The lowest BCUT2D eigenvalue weighted by Crippen LogP contribution is -2.37. The molecule has 0 bridgehead atoms. The number of ether oxygens (including phenoxy) is 1. The van der Waals surface area contributed by atoms with Gasteiger partial charge in [0.1, 0.15) is 0 Å². The molecule has 0 amide bonds. The van der Waals surface area contributed by atoms with E-state index in [1.165, 1.54) is 0 Å². The van der Waals surface area contributed by atoms with Gasteiger partial charge in [-0.2, -0.15) is 25.3 Å². The monoisotopic (exact) mass is 405 g/mol. The van der Waals surface area contributed by atoms with Crippen molar-refractivity contribution in [3.63, 3.8) is 0 Å². The average Bonchev–Trinajstić information content (AvgIpc) is 2.24. The molecular formula is C7H19NO12S3. The largest absolute Gasteiger partial charge is 0.394 e. The fourth-order valence-corrected chi connectivity index (χ4v) is 1.79. The van der Waals surface area contributed by atoms with Crippen LogP contribution < -0.4 is 0 Å². The quantitative estimate of drug-likeness (QED) is 0.330. The summed E-state index contributed by atoms with van der Waals surface area (Å²) in [6.07, 6.45) is 0.485. The van der Waals surface area contributed by atoms with Gasteiger partial charge in [0.15, 0.2) is 0 Å². The highest BCUT2D eigenvalue weighted by atomic mass is 32.3. The van der Waals surface area contributed by atoms with Crippen LogP contribution >= 0.6 is 0 Å². The predicted octanol–water partition coefficient (Wildman–Crippen LogP) is -1.71. The Balaban J connectivity index is 0. The number of morpholine rings is 1. The van der Waals surface area contributed by atoms with Crippen molar-refractivity contribution in [2.24, 2.45) is 0 Å². The second-order valence-corrected chi connectivity index (χ2v) is 7.35. The van der Waals surface area contributed by atoms with Crippen LogP contribution in [0, 0.1) is 0 Å². The summed E-state index contributed by atoms with van der Waals surface area (Å²) in [5.41, 5.74) is 0. The second kappa shape index (κ2) is 11.2. The minimum atomic E-state index is -4.67. The molecule has 0 aromatic carbocycles. The molecule has 1 saturated heterocycles. The zero-order chi connectivity index (χ0) is 18.7. The van der Waals surface area contributed by atoms with Crippen molar-refractivity contribution in [2.45, 2.75) is 6.42 Å². The molecule has 1 fully saturated rings. The van der Waals surface area contributed by atoms with Gasteiger partial charge in [0.05, 0.1) is 19.0 Å². The van der Waals surface area contributed by atoms with E-state index in [1.54, 1.807) is 0 Å². The summed E-state index contributed by atoms with van der Waals surface area (Å²) in [6, 6.07) is 0. The molecular weight excluding hydrogens is 386 g/mol. The molecule has 0 atom stereocenters. The van der Waals surface area contributed by atoms with Crippen molar-refractivity contribution in [3.8, 4) is 0 Å². The molecule has 5 N–H and O–H groups in total. The summed E-state index contributed by atoms with van der Waals surface area (Å²) in [6.45, 7) is 3.85. The van der Waals surface area contributed by atoms with Crippen molar-refractivity contribution in [3.05, 3.63) is 0 Å².